The highest BCUT2D eigenvalue weighted by molar-refractivity contribution is 7.15. The van der Waals surface area contributed by atoms with Gasteiger partial charge in [-0.25, -0.2) is 19.7 Å². The number of rotatable bonds is 4. The third-order valence-electron chi connectivity index (χ3n) is 5.53. The molecular formula is C24H30N4O4S. The highest BCUT2D eigenvalue weighted by Gasteiger charge is 2.41. The second-order valence-electron chi connectivity index (χ2n) is 9.27. The summed E-state index contributed by atoms with van der Waals surface area (Å²) in [6, 6.07) is 8.19. The maximum Gasteiger partial charge on any atom is 0.503 e. The van der Waals surface area contributed by atoms with E-state index in [0.717, 1.165) is 58.1 Å². The van der Waals surface area contributed by atoms with Crippen LogP contribution in [0.3, 0.4) is 0 Å². The normalized spacial score (nSPS) is 19.3. The van der Waals surface area contributed by atoms with E-state index in [9.17, 15) is 5.11 Å². The number of thiazole rings is 1. The van der Waals surface area contributed by atoms with E-state index in [-0.39, 0.29) is 5.41 Å². The van der Waals surface area contributed by atoms with Gasteiger partial charge >= 0.3 is 6.16 Å². The fourth-order valence-corrected chi connectivity index (χ4v) is 5.29. The van der Waals surface area contributed by atoms with Crippen LogP contribution < -0.4 is 5.32 Å². The van der Waals surface area contributed by atoms with Gasteiger partial charge in [0.15, 0.2) is 0 Å². The van der Waals surface area contributed by atoms with Gasteiger partial charge in [0.25, 0.3) is 0 Å². The van der Waals surface area contributed by atoms with Crippen molar-refractivity contribution in [2.45, 2.75) is 59.0 Å². The lowest BCUT2D eigenvalue weighted by atomic mass is 9.70. The second-order valence-corrected chi connectivity index (χ2v) is 10.3. The summed E-state index contributed by atoms with van der Waals surface area (Å²) in [4.78, 5) is 23.0. The minimum absolute atomic E-state index is 0.146. The lowest BCUT2D eigenvalue weighted by Crippen LogP contribution is -2.36. The Hall–Kier alpha value is -3.04. The van der Waals surface area contributed by atoms with Crippen LogP contribution in [-0.4, -0.2) is 36.4 Å². The van der Waals surface area contributed by atoms with Crippen LogP contribution in [0.15, 0.2) is 36.7 Å². The summed E-state index contributed by atoms with van der Waals surface area (Å²) in [6.45, 7) is 8.49. The van der Waals surface area contributed by atoms with Gasteiger partial charge in [-0.1, -0.05) is 19.9 Å². The fourth-order valence-electron chi connectivity index (χ4n) is 4.27. The van der Waals surface area contributed by atoms with Crippen LogP contribution in [0.25, 0.3) is 10.4 Å². The SMILES string of the molecule is Cc1cc(Nc2nccc(C)n2)cc(-c2cnc([C@@]3(O)CCCC(C)(C)C3)s2)c1.O=C(O)O. The van der Waals surface area contributed by atoms with Crippen LogP contribution in [0.5, 0.6) is 0 Å². The minimum atomic E-state index is -1.83. The molecule has 9 heteroatoms. The zero-order chi connectivity index (χ0) is 24.2. The molecule has 3 aromatic rings. The van der Waals surface area contributed by atoms with Crippen LogP contribution in [0.2, 0.25) is 0 Å². The van der Waals surface area contributed by atoms with Crippen molar-refractivity contribution in [3.8, 4) is 10.4 Å². The molecule has 1 saturated carbocycles. The Balaban J connectivity index is 0.000000709. The first-order valence-corrected chi connectivity index (χ1v) is 11.6. The number of aromatic nitrogens is 3. The number of benzene rings is 1. The van der Waals surface area contributed by atoms with E-state index in [1.165, 1.54) is 0 Å². The predicted molar refractivity (Wildman–Crippen MR) is 129 cm³/mol. The van der Waals surface area contributed by atoms with E-state index in [2.05, 4.69) is 59.2 Å². The standard InChI is InChI=1S/C23H28N4OS.CH2O3/c1-15-10-17(12-18(11-15)27-21-24-9-6-16(2)26-21)19-13-25-20(29-19)23(28)8-5-7-22(3,4)14-23;2-1(3)4/h6,9-13,28H,5,7-8,14H2,1-4H3,(H,24,26,27);(H2,2,3,4)/t23-;/m1./s1. The number of aryl methyl sites for hydroxylation is 2. The van der Waals surface area contributed by atoms with Crippen LogP contribution in [0.4, 0.5) is 16.4 Å². The molecule has 1 aliphatic carbocycles. The molecule has 0 spiro atoms. The molecule has 0 radical (unpaired) electrons. The summed E-state index contributed by atoms with van der Waals surface area (Å²) in [5, 5.41) is 29.4. The molecule has 2 aromatic heterocycles. The third kappa shape index (κ3) is 6.72. The van der Waals surface area contributed by atoms with Crippen molar-refractivity contribution in [2.75, 3.05) is 5.32 Å². The Morgan fingerprint density at radius 1 is 1.12 bits per heavy atom. The van der Waals surface area contributed by atoms with Gasteiger partial charge in [-0.2, -0.15) is 0 Å². The topological polar surface area (TPSA) is 128 Å². The van der Waals surface area contributed by atoms with E-state index in [0.29, 0.717) is 5.95 Å². The Morgan fingerprint density at radius 2 is 1.85 bits per heavy atom. The van der Waals surface area contributed by atoms with E-state index in [1.807, 2.05) is 19.2 Å². The monoisotopic (exact) mass is 470 g/mol. The summed E-state index contributed by atoms with van der Waals surface area (Å²) in [5.41, 5.74) is 3.43. The molecule has 0 amide bonds. The quantitative estimate of drug-likeness (QED) is 0.367. The third-order valence-corrected chi connectivity index (χ3v) is 6.77. The molecule has 2 heterocycles. The Morgan fingerprint density at radius 3 is 2.52 bits per heavy atom. The fraction of sp³-hybridized carbons (Fsp3) is 0.417. The van der Waals surface area contributed by atoms with Gasteiger partial charge in [0, 0.05) is 23.8 Å². The van der Waals surface area contributed by atoms with Gasteiger partial charge in [0.2, 0.25) is 5.95 Å². The average molecular weight is 471 g/mol. The van der Waals surface area contributed by atoms with Crippen molar-refractivity contribution >= 4 is 29.1 Å². The number of nitrogens with zero attached hydrogens (tertiary/aromatic N) is 3. The Bertz CT molecular complexity index is 1130. The zero-order valence-electron chi connectivity index (χ0n) is 19.3. The highest BCUT2D eigenvalue weighted by Crippen LogP contribution is 2.48. The van der Waals surface area contributed by atoms with Gasteiger partial charge < -0.3 is 20.6 Å². The number of anilines is 2. The highest BCUT2D eigenvalue weighted by atomic mass is 32.1. The van der Waals surface area contributed by atoms with Gasteiger partial charge in [-0.3, -0.25) is 0 Å². The summed E-state index contributed by atoms with van der Waals surface area (Å²) in [5.74, 6) is 0.588. The molecular weight excluding hydrogens is 440 g/mol. The second kappa shape index (κ2) is 9.84. The molecule has 33 heavy (non-hydrogen) atoms. The number of hydrogen-bond acceptors (Lipinski definition) is 7. The van der Waals surface area contributed by atoms with Gasteiger partial charge in [-0.05, 0) is 74.3 Å². The summed E-state index contributed by atoms with van der Waals surface area (Å²) < 4.78 is 0. The maximum atomic E-state index is 11.3. The Labute approximate surface area is 197 Å². The number of nitrogens with one attached hydrogen (secondary N) is 1. The van der Waals surface area contributed by atoms with E-state index >= 15 is 0 Å². The maximum absolute atomic E-state index is 11.3. The molecule has 0 saturated heterocycles. The van der Waals surface area contributed by atoms with Gasteiger partial charge in [0.1, 0.15) is 10.6 Å². The molecule has 1 fully saturated rings. The van der Waals surface area contributed by atoms with Crippen molar-refractivity contribution in [3.63, 3.8) is 0 Å². The first-order valence-electron chi connectivity index (χ1n) is 10.8. The lowest BCUT2D eigenvalue weighted by Gasteiger charge is -2.40. The molecule has 0 aliphatic heterocycles. The van der Waals surface area contributed by atoms with Crippen molar-refractivity contribution in [1.29, 1.82) is 0 Å². The van der Waals surface area contributed by atoms with Crippen molar-refractivity contribution < 1.29 is 20.1 Å². The molecule has 0 bridgehead atoms. The molecule has 4 rings (SSSR count). The smallest absolute Gasteiger partial charge is 0.450 e. The minimum Gasteiger partial charge on any atom is -0.450 e. The van der Waals surface area contributed by atoms with Crippen LogP contribution in [-0.2, 0) is 5.60 Å². The van der Waals surface area contributed by atoms with Crippen molar-refractivity contribution in [2.24, 2.45) is 5.41 Å². The molecule has 1 aliphatic rings. The average Bonchev–Trinajstić information content (AvgIpc) is 3.17. The zero-order valence-corrected chi connectivity index (χ0v) is 20.1. The van der Waals surface area contributed by atoms with E-state index in [4.69, 9.17) is 15.0 Å². The van der Waals surface area contributed by atoms with E-state index in [1.54, 1.807) is 17.5 Å². The van der Waals surface area contributed by atoms with Crippen LogP contribution in [0.1, 0.15) is 55.8 Å². The largest absolute Gasteiger partial charge is 0.503 e. The van der Waals surface area contributed by atoms with Gasteiger partial charge in [-0.15, -0.1) is 11.3 Å². The van der Waals surface area contributed by atoms with E-state index < -0.39 is 11.8 Å². The molecule has 176 valence electrons. The number of carbonyl (C=O) groups is 1. The van der Waals surface area contributed by atoms with Gasteiger partial charge in [0.05, 0.1) is 4.88 Å². The summed E-state index contributed by atoms with van der Waals surface area (Å²) in [6.07, 6.45) is 5.55. The molecule has 4 N–H and O–H groups in total. The number of carboxylic acid groups (broad SMARTS) is 2. The van der Waals surface area contributed by atoms with Crippen molar-refractivity contribution in [3.05, 3.63) is 52.9 Å². The molecule has 8 nitrogen and oxygen atoms in total. The molecule has 0 unspecified atom stereocenters. The van der Waals surface area contributed by atoms with Crippen LogP contribution in [0, 0.1) is 19.3 Å². The molecule has 1 aromatic carbocycles. The number of aliphatic hydroxyl groups is 1. The van der Waals surface area contributed by atoms with Crippen molar-refractivity contribution in [1.82, 2.24) is 15.0 Å². The first-order chi connectivity index (χ1) is 15.5. The predicted octanol–water partition coefficient (Wildman–Crippen LogP) is 5.97. The lowest BCUT2D eigenvalue weighted by molar-refractivity contribution is -0.0441. The van der Waals surface area contributed by atoms with Crippen LogP contribution >= 0.6 is 11.3 Å². The Kier molecular flexibility index (Phi) is 7.34. The molecule has 1 atom stereocenters. The first kappa shape index (κ1) is 24.6. The number of hydrogen-bond donors (Lipinski definition) is 4. The summed E-state index contributed by atoms with van der Waals surface area (Å²) >= 11 is 1.60. The summed E-state index contributed by atoms with van der Waals surface area (Å²) in [7, 11) is 0.